The first kappa shape index (κ1) is 20.5. The van der Waals surface area contributed by atoms with Gasteiger partial charge in [-0.2, -0.15) is 10.4 Å². The van der Waals surface area contributed by atoms with Crippen molar-refractivity contribution in [2.75, 3.05) is 0 Å². The van der Waals surface area contributed by atoms with Crippen LogP contribution in [0.3, 0.4) is 0 Å². The molecule has 0 saturated carbocycles. The third-order valence-corrected chi connectivity index (χ3v) is 6.84. The van der Waals surface area contributed by atoms with Gasteiger partial charge in [0.2, 0.25) is 9.84 Å². The normalized spacial score (nSPS) is 12.0. The summed E-state index contributed by atoms with van der Waals surface area (Å²) >= 11 is 0. The third kappa shape index (κ3) is 3.84. The molecule has 0 radical (unpaired) electrons. The summed E-state index contributed by atoms with van der Waals surface area (Å²) in [5.41, 5.74) is 2.37. The van der Waals surface area contributed by atoms with E-state index in [4.69, 9.17) is 4.42 Å². The van der Waals surface area contributed by atoms with Crippen molar-refractivity contribution in [3.63, 3.8) is 0 Å². The van der Waals surface area contributed by atoms with Crippen LogP contribution in [0.5, 0.6) is 0 Å². The zero-order valence-electron chi connectivity index (χ0n) is 17.3. The number of para-hydroxylation sites is 2. The maximum atomic E-state index is 13.1. The molecule has 0 aliphatic carbocycles. The second-order valence-corrected chi connectivity index (χ2v) is 9.22. The fourth-order valence-electron chi connectivity index (χ4n) is 3.53. The first-order valence-electron chi connectivity index (χ1n) is 10.1. The van der Waals surface area contributed by atoms with Crippen LogP contribution < -0.4 is 0 Å². The van der Waals surface area contributed by atoms with Crippen LogP contribution in [0.2, 0.25) is 0 Å². The smallest absolute Gasteiger partial charge is 0.216 e. The zero-order chi connectivity index (χ0) is 22.8. The lowest BCUT2D eigenvalue weighted by atomic mass is 10.2. The molecule has 6 nitrogen and oxygen atoms in total. The highest BCUT2D eigenvalue weighted by Crippen LogP contribution is 2.32. The maximum Gasteiger partial charge on any atom is 0.216 e. The number of furan rings is 1. The molecule has 160 valence electrons. The van der Waals surface area contributed by atoms with Crippen LogP contribution in [0, 0.1) is 11.3 Å². The predicted molar refractivity (Wildman–Crippen MR) is 126 cm³/mol. The van der Waals surface area contributed by atoms with Gasteiger partial charge in [-0.25, -0.2) is 13.1 Å². The summed E-state index contributed by atoms with van der Waals surface area (Å²) in [5, 5.41) is 15.3. The van der Waals surface area contributed by atoms with E-state index in [1.807, 2.05) is 66.7 Å². The average molecular weight is 452 g/mol. The number of fused-ring (bicyclic) bond motifs is 1. The fraction of sp³-hybridized carbons (Fsp3) is 0. The van der Waals surface area contributed by atoms with E-state index in [2.05, 4.69) is 5.10 Å². The number of hydrogen-bond acceptors (Lipinski definition) is 5. The minimum atomic E-state index is -4.00. The lowest BCUT2D eigenvalue weighted by Gasteiger charge is -2.02. The summed E-state index contributed by atoms with van der Waals surface area (Å²) in [6, 6.07) is 28.6. The molecule has 0 saturated heterocycles. The number of nitriles is 1. The Kier molecular flexibility index (Phi) is 5.13. The van der Waals surface area contributed by atoms with Crippen molar-refractivity contribution in [2.24, 2.45) is 0 Å². The van der Waals surface area contributed by atoms with Gasteiger partial charge in [-0.3, -0.25) is 0 Å². The molecule has 0 aliphatic heterocycles. The first-order chi connectivity index (χ1) is 16.1. The SMILES string of the molecule is N#C/C(=C/c1cn(-c2ccccc2)nc1-c1cc2ccccc2o1)S(=O)(=O)c1ccccc1. The number of aromatic nitrogens is 2. The summed E-state index contributed by atoms with van der Waals surface area (Å²) < 4.78 is 33.8. The fourth-order valence-corrected chi connectivity index (χ4v) is 4.71. The van der Waals surface area contributed by atoms with E-state index in [9.17, 15) is 13.7 Å². The molecule has 2 heterocycles. The summed E-state index contributed by atoms with van der Waals surface area (Å²) in [6.07, 6.45) is 3.03. The molecular formula is C26H17N3O3S. The lowest BCUT2D eigenvalue weighted by molar-refractivity contribution is 0.603. The van der Waals surface area contributed by atoms with Gasteiger partial charge in [-0.15, -0.1) is 0 Å². The van der Waals surface area contributed by atoms with Gasteiger partial charge in [-0.05, 0) is 42.5 Å². The molecule has 0 atom stereocenters. The Balaban J connectivity index is 1.70. The largest absolute Gasteiger partial charge is 0.454 e. The summed E-state index contributed by atoms with van der Waals surface area (Å²) in [4.78, 5) is -0.322. The van der Waals surface area contributed by atoms with Crippen molar-refractivity contribution in [3.8, 4) is 23.2 Å². The van der Waals surface area contributed by atoms with Crippen LogP contribution in [0.4, 0.5) is 0 Å². The van der Waals surface area contributed by atoms with E-state index in [-0.39, 0.29) is 9.80 Å². The van der Waals surface area contributed by atoms with Crippen LogP contribution in [0.15, 0.2) is 111 Å². The number of benzene rings is 3. The van der Waals surface area contributed by atoms with Gasteiger partial charge in [0, 0.05) is 17.1 Å². The van der Waals surface area contributed by atoms with Crippen molar-refractivity contribution < 1.29 is 12.8 Å². The molecule has 0 N–H and O–H groups in total. The molecule has 0 bridgehead atoms. The Hall–Kier alpha value is -4.41. The van der Waals surface area contributed by atoms with Crippen molar-refractivity contribution in [1.29, 1.82) is 5.26 Å². The highest BCUT2D eigenvalue weighted by Gasteiger charge is 2.23. The molecule has 2 aromatic heterocycles. The van der Waals surface area contributed by atoms with Crippen LogP contribution in [0.1, 0.15) is 5.56 Å². The van der Waals surface area contributed by atoms with Gasteiger partial charge in [0.1, 0.15) is 22.3 Å². The highest BCUT2D eigenvalue weighted by atomic mass is 32.2. The summed E-state index contributed by atoms with van der Waals surface area (Å²) in [5.74, 6) is 0.478. The van der Waals surface area contributed by atoms with Crippen molar-refractivity contribution in [2.45, 2.75) is 4.90 Å². The monoisotopic (exact) mass is 451 g/mol. The van der Waals surface area contributed by atoms with Gasteiger partial charge < -0.3 is 4.42 Å². The predicted octanol–water partition coefficient (Wildman–Crippen LogP) is 5.62. The maximum absolute atomic E-state index is 13.1. The van der Waals surface area contributed by atoms with Crippen molar-refractivity contribution >= 4 is 26.9 Å². The summed E-state index contributed by atoms with van der Waals surface area (Å²) in [7, 11) is -4.00. The minimum absolute atomic E-state index is 0.0542. The van der Waals surface area contributed by atoms with Crippen molar-refractivity contribution in [3.05, 3.63) is 108 Å². The molecule has 0 aliphatic rings. The number of nitrogens with zero attached hydrogens (tertiary/aromatic N) is 3. The van der Waals surface area contributed by atoms with Crippen molar-refractivity contribution in [1.82, 2.24) is 9.78 Å². The molecule has 3 aromatic carbocycles. The Morgan fingerprint density at radius 2 is 1.61 bits per heavy atom. The molecule has 33 heavy (non-hydrogen) atoms. The van der Waals surface area contributed by atoms with E-state index >= 15 is 0 Å². The highest BCUT2D eigenvalue weighted by molar-refractivity contribution is 7.95. The second kappa shape index (κ2) is 8.26. The molecule has 7 heteroatoms. The zero-order valence-corrected chi connectivity index (χ0v) is 18.1. The molecule has 0 unspecified atom stereocenters. The summed E-state index contributed by atoms with van der Waals surface area (Å²) in [6.45, 7) is 0. The number of hydrogen-bond donors (Lipinski definition) is 0. The van der Waals surface area contributed by atoms with E-state index < -0.39 is 9.84 Å². The molecule has 5 aromatic rings. The third-order valence-electron chi connectivity index (χ3n) is 5.16. The Morgan fingerprint density at radius 3 is 2.30 bits per heavy atom. The molecular weight excluding hydrogens is 434 g/mol. The second-order valence-electron chi connectivity index (χ2n) is 7.30. The molecule has 0 fully saturated rings. The number of rotatable bonds is 5. The van der Waals surface area contributed by atoms with Gasteiger partial charge in [0.25, 0.3) is 0 Å². The number of sulfone groups is 1. The lowest BCUT2D eigenvalue weighted by Crippen LogP contribution is -2.03. The van der Waals surface area contributed by atoms with Gasteiger partial charge in [-0.1, -0.05) is 54.6 Å². The van der Waals surface area contributed by atoms with Gasteiger partial charge in [0.15, 0.2) is 5.76 Å². The molecule has 0 spiro atoms. The van der Waals surface area contributed by atoms with Crippen LogP contribution >= 0.6 is 0 Å². The Bertz CT molecular complexity index is 1590. The van der Waals surface area contributed by atoms with Crippen LogP contribution in [-0.4, -0.2) is 18.2 Å². The Morgan fingerprint density at radius 1 is 0.939 bits per heavy atom. The molecule has 0 amide bonds. The quantitative estimate of drug-likeness (QED) is 0.323. The van der Waals surface area contributed by atoms with Crippen LogP contribution in [-0.2, 0) is 9.84 Å². The van der Waals surface area contributed by atoms with E-state index in [0.717, 1.165) is 11.1 Å². The average Bonchev–Trinajstić information content (AvgIpc) is 3.47. The first-order valence-corrected chi connectivity index (χ1v) is 11.6. The van der Waals surface area contributed by atoms with Gasteiger partial charge >= 0.3 is 0 Å². The molecule has 5 rings (SSSR count). The van der Waals surface area contributed by atoms with Crippen LogP contribution in [0.25, 0.3) is 34.2 Å². The standard InChI is InChI=1S/C26H17N3O3S/c27-17-23(33(30,31)22-12-5-2-6-13-22)15-20-18-29(21-10-3-1-4-11-21)28-26(20)25-16-19-9-7-8-14-24(19)32-25/h1-16,18H/b23-15-. The van der Waals surface area contributed by atoms with E-state index in [0.29, 0.717) is 22.6 Å². The minimum Gasteiger partial charge on any atom is -0.454 e. The Labute approximate surface area is 190 Å². The topological polar surface area (TPSA) is 88.9 Å². The van der Waals surface area contributed by atoms with E-state index in [1.54, 1.807) is 29.1 Å². The number of allylic oxidation sites excluding steroid dienone is 1. The van der Waals surface area contributed by atoms with Gasteiger partial charge in [0.05, 0.1) is 10.6 Å². The van der Waals surface area contributed by atoms with E-state index in [1.165, 1.54) is 18.2 Å².